The van der Waals surface area contributed by atoms with E-state index in [1.807, 2.05) is 46.0 Å². The van der Waals surface area contributed by atoms with Crippen molar-refractivity contribution < 1.29 is 19.0 Å². The van der Waals surface area contributed by atoms with E-state index < -0.39 is 0 Å². The average molecular weight is 431 g/mol. The second-order valence-electron chi connectivity index (χ2n) is 6.65. The van der Waals surface area contributed by atoms with E-state index >= 15 is 0 Å². The van der Waals surface area contributed by atoms with Crippen molar-refractivity contribution in [3.05, 3.63) is 56.7 Å². The van der Waals surface area contributed by atoms with Crippen LogP contribution in [-0.4, -0.2) is 36.1 Å². The van der Waals surface area contributed by atoms with Crippen LogP contribution >= 0.6 is 22.7 Å². The highest BCUT2D eigenvalue weighted by Crippen LogP contribution is 2.37. The Labute approximate surface area is 177 Å². The average Bonchev–Trinajstić information content (AvgIpc) is 3.25. The van der Waals surface area contributed by atoms with Gasteiger partial charge in [0, 0.05) is 11.4 Å². The standard InChI is InChI=1S/C21H22N2O4S2/c1-25-16-5-3-6-17(26-2)20(16)27-12-19-22-14(13-29-19)11-23(15-8-9-15)21(24)18-7-4-10-28-18/h3-7,10,13,15H,8-9,11-12H2,1-2H3. The number of hydrogen-bond donors (Lipinski definition) is 0. The smallest absolute Gasteiger partial charge is 0.264 e. The Hall–Kier alpha value is -2.58. The third kappa shape index (κ3) is 4.54. The Balaban J connectivity index is 1.43. The zero-order valence-electron chi connectivity index (χ0n) is 16.3. The number of thiazole rings is 1. The Kier molecular flexibility index (Phi) is 6.01. The molecule has 2 aromatic heterocycles. The Morgan fingerprint density at radius 1 is 1.14 bits per heavy atom. The van der Waals surface area contributed by atoms with Gasteiger partial charge in [-0.1, -0.05) is 12.1 Å². The summed E-state index contributed by atoms with van der Waals surface area (Å²) in [5.41, 5.74) is 0.886. The summed E-state index contributed by atoms with van der Waals surface area (Å²) in [6.07, 6.45) is 2.12. The summed E-state index contributed by atoms with van der Waals surface area (Å²) in [7, 11) is 3.19. The minimum absolute atomic E-state index is 0.0899. The van der Waals surface area contributed by atoms with E-state index in [0.29, 0.717) is 36.4 Å². The molecule has 2 heterocycles. The number of hydrogen-bond acceptors (Lipinski definition) is 7. The highest BCUT2D eigenvalue weighted by atomic mass is 32.1. The number of amides is 1. The summed E-state index contributed by atoms with van der Waals surface area (Å²) in [4.78, 5) is 20.2. The molecule has 0 N–H and O–H groups in total. The molecule has 1 saturated carbocycles. The maximum absolute atomic E-state index is 12.8. The molecule has 0 radical (unpaired) electrons. The Morgan fingerprint density at radius 2 is 1.90 bits per heavy atom. The highest BCUT2D eigenvalue weighted by Gasteiger charge is 2.33. The van der Waals surface area contributed by atoms with Crippen molar-refractivity contribution in [1.29, 1.82) is 0 Å². The number of nitrogens with zero attached hydrogens (tertiary/aromatic N) is 2. The lowest BCUT2D eigenvalue weighted by Crippen LogP contribution is -2.32. The number of carbonyl (C=O) groups is 1. The lowest BCUT2D eigenvalue weighted by molar-refractivity contribution is 0.0733. The Bertz CT molecular complexity index is 945. The zero-order valence-corrected chi connectivity index (χ0v) is 17.9. The largest absolute Gasteiger partial charge is 0.493 e. The second kappa shape index (κ2) is 8.84. The monoisotopic (exact) mass is 430 g/mol. The molecule has 6 nitrogen and oxygen atoms in total. The van der Waals surface area contributed by atoms with Crippen molar-refractivity contribution in [2.75, 3.05) is 14.2 Å². The first-order chi connectivity index (χ1) is 14.2. The van der Waals surface area contributed by atoms with Crippen LogP contribution in [0, 0.1) is 0 Å². The summed E-state index contributed by atoms with van der Waals surface area (Å²) in [6, 6.07) is 9.62. The summed E-state index contributed by atoms with van der Waals surface area (Å²) in [6.45, 7) is 0.833. The van der Waals surface area contributed by atoms with Crippen molar-refractivity contribution in [3.63, 3.8) is 0 Å². The van der Waals surface area contributed by atoms with Crippen molar-refractivity contribution >= 4 is 28.6 Å². The van der Waals surface area contributed by atoms with E-state index in [1.165, 1.54) is 22.7 Å². The van der Waals surface area contributed by atoms with Gasteiger partial charge in [0.25, 0.3) is 5.91 Å². The first-order valence-electron chi connectivity index (χ1n) is 9.31. The van der Waals surface area contributed by atoms with Crippen LogP contribution in [0.5, 0.6) is 17.2 Å². The number of para-hydroxylation sites is 1. The molecule has 3 aromatic rings. The third-order valence-electron chi connectivity index (χ3n) is 4.63. The van der Waals surface area contributed by atoms with Crippen LogP contribution in [-0.2, 0) is 13.2 Å². The summed E-state index contributed by atoms with van der Waals surface area (Å²) < 4.78 is 16.7. The predicted molar refractivity (Wildman–Crippen MR) is 113 cm³/mol. The molecule has 1 amide bonds. The number of methoxy groups -OCH3 is 2. The number of carbonyl (C=O) groups excluding carboxylic acids is 1. The van der Waals surface area contributed by atoms with Crippen LogP contribution in [0.2, 0.25) is 0 Å². The molecule has 1 aliphatic rings. The molecule has 152 valence electrons. The normalized spacial score (nSPS) is 13.2. The Morgan fingerprint density at radius 3 is 2.52 bits per heavy atom. The van der Waals surface area contributed by atoms with Crippen LogP contribution in [0.4, 0.5) is 0 Å². The topological polar surface area (TPSA) is 60.9 Å². The summed E-state index contributed by atoms with van der Waals surface area (Å²) in [5, 5.41) is 4.77. The fourth-order valence-corrected chi connectivity index (χ4v) is 4.43. The van der Waals surface area contributed by atoms with Crippen LogP contribution in [0.25, 0.3) is 0 Å². The molecule has 8 heteroatoms. The number of aromatic nitrogens is 1. The second-order valence-corrected chi connectivity index (χ2v) is 8.54. The number of ether oxygens (including phenoxy) is 3. The van der Waals surface area contributed by atoms with Gasteiger partial charge in [-0.15, -0.1) is 22.7 Å². The first-order valence-corrected chi connectivity index (χ1v) is 11.1. The van der Waals surface area contributed by atoms with E-state index in [4.69, 9.17) is 14.2 Å². The minimum Gasteiger partial charge on any atom is -0.493 e. The third-order valence-corrected chi connectivity index (χ3v) is 6.36. The maximum atomic E-state index is 12.8. The lowest BCUT2D eigenvalue weighted by atomic mass is 10.3. The highest BCUT2D eigenvalue weighted by molar-refractivity contribution is 7.12. The van der Waals surface area contributed by atoms with Crippen molar-refractivity contribution in [1.82, 2.24) is 9.88 Å². The van der Waals surface area contributed by atoms with Crippen molar-refractivity contribution in [2.24, 2.45) is 0 Å². The molecule has 0 saturated heterocycles. The van der Waals surface area contributed by atoms with Gasteiger partial charge in [0.2, 0.25) is 5.75 Å². The molecular weight excluding hydrogens is 408 g/mol. The van der Waals surface area contributed by atoms with Crippen LogP contribution < -0.4 is 14.2 Å². The van der Waals surface area contributed by atoms with Gasteiger partial charge in [0.05, 0.1) is 31.3 Å². The van der Waals surface area contributed by atoms with Crippen LogP contribution in [0.3, 0.4) is 0 Å². The van der Waals surface area contributed by atoms with Gasteiger partial charge in [0.1, 0.15) is 11.6 Å². The van der Waals surface area contributed by atoms with E-state index in [1.54, 1.807) is 14.2 Å². The van der Waals surface area contributed by atoms with Crippen molar-refractivity contribution in [3.8, 4) is 17.2 Å². The quantitative estimate of drug-likeness (QED) is 0.496. The molecule has 4 rings (SSSR count). The molecular formula is C21H22N2O4S2. The number of thiophene rings is 1. The van der Waals surface area contributed by atoms with Crippen LogP contribution in [0.1, 0.15) is 33.2 Å². The van der Waals surface area contributed by atoms with Gasteiger partial charge in [-0.2, -0.15) is 0 Å². The van der Waals surface area contributed by atoms with E-state index in [2.05, 4.69) is 4.98 Å². The van der Waals surface area contributed by atoms with E-state index in [0.717, 1.165) is 28.4 Å². The fraction of sp³-hybridized carbons (Fsp3) is 0.333. The molecule has 0 unspecified atom stereocenters. The minimum atomic E-state index is 0.0899. The predicted octanol–water partition coefficient (Wildman–Crippen LogP) is 4.61. The zero-order chi connectivity index (χ0) is 20.2. The summed E-state index contributed by atoms with van der Waals surface area (Å²) in [5.74, 6) is 1.87. The number of rotatable bonds is 9. The molecule has 0 spiro atoms. The van der Waals surface area contributed by atoms with Gasteiger partial charge in [-0.05, 0) is 36.4 Å². The molecule has 1 aliphatic carbocycles. The molecule has 29 heavy (non-hydrogen) atoms. The van der Waals surface area contributed by atoms with E-state index in [9.17, 15) is 4.79 Å². The lowest BCUT2D eigenvalue weighted by Gasteiger charge is -2.20. The SMILES string of the molecule is COc1cccc(OC)c1OCc1nc(CN(C(=O)c2cccs2)C2CC2)cs1. The van der Waals surface area contributed by atoms with Gasteiger partial charge >= 0.3 is 0 Å². The van der Waals surface area contributed by atoms with Gasteiger partial charge in [-0.25, -0.2) is 4.98 Å². The number of benzene rings is 1. The molecule has 1 aromatic carbocycles. The fourth-order valence-electron chi connectivity index (χ4n) is 3.05. The van der Waals surface area contributed by atoms with Gasteiger partial charge in [-0.3, -0.25) is 4.79 Å². The molecule has 0 aliphatic heterocycles. The molecule has 0 bridgehead atoms. The van der Waals surface area contributed by atoms with Crippen LogP contribution in [0.15, 0.2) is 41.1 Å². The van der Waals surface area contributed by atoms with Gasteiger partial charge in [0.15, 0.2) is 11.5 Å². The van der Waals surface area contributed by atoms with Gasteiger partial charge < -0.3 is 19.1 Å². The van der Waals surface area contributed by atoms with E-state index in [-0.39, 0.29) is 5.91 Å². The van der Waals surface area contributed by atoms with Crippen molar-refractivity contribution in [2.45, 2.75) is 32.0 Å². The molecule has 1 fully saturated rings. The first kappa shape index (κ1) is 19.7. The summed E-state index contributed by atoms with van der Waals surface area (Å²) >= 11 is 3.01. The maximum Gasteiger partial charge on any atom is 0.264 e. The molecule has 0 atom stereocenters.